The molecule has 0 aliphatic heterocycles. The third-order valence-electron chi connectivity index (χ3n) is 3.75. The molecule has 0 aliphatic rings. The number of halogens is 1. The molecule has 0 atom stereocenters. The van der Waals surface area contributed by atoms with Crippen LogP contribution in [0.4, 0.5) is 5.69 Å². The van der Waals surface area contributed by atoms with Gasteiger partial charge in [0.25, 0.3) is 0 Å². The average Bonchev–Trinajstić information content (AvgIpc) is 3.12. The van der Waals surface area contributed by atoms with E-state index in [0.29, 0.717) is 28.6 Å². The van der Waals surface area contributed by atoms with Crippen LogP contribution in [-0.2, 0) is 4.79 Å². The van der Waals surface area contributed by atoms with Crippen molar-refractivity contribution < 1.29 is 18.8 Å². The molecule has 0 radical (unpaired) electrons. The highest BCUT2D eigenvalue weighted by molar-refractivity contribution is 9.10. The minimum Gasteiger partial charge on any atom is -0.493 e. The predicted molar refractivity (Wildman–Crippen MR) is 102 cm³/mol. The van der Waals surface area contributed by atoms with E-state index in [2.05, 4.69) is 26.4 Å². The highest BCUT2D eigenvalue weighted by atomic mass is 79.9. The number of hydrogen-bond acceptors (Lipinski definition) is 5. The molecular weight excluding hydrogens is 400 g/mol. The number of ether oxygens (including phenoxy) is 2. The number of anilines is 1. The number of amides is 1. The molecule has 1 N–H and O–H groups in total. The maximum absolute atomic E-state index is 11.2. The molecule has 0 saturated carbocycles. The third kappa shape index (κ3) is 3.72. The maximum Gasteiger partial charge on any atom is 0.221 e. The van der Waals surface area contributed by atoms with Gasteiger partial charge in [-0.05, 0) is 46.3 Å². The molecule has 1 aromatic heterocycles. The summed E-state index contributed by atoms with van der Waals surface area (Å²) < 4.78 is 16.8. The molecule has 1 amide bonds. The minimum absolute atomic E-state index is 0.129. The lowest BCUT2D eigenvalue weighted by Crippen LogP contribution is -2.06. The largest absolute Gasteiger partial charge is 0.493 e. The smallest absolute Gasteiger partial charge is 0.221 e. The summed E-state index contributed by atoms with van der Waals surface area (Å²) in [5.41, 5.74) is 3.08. The van der Waals surface area contributed by atoms with E-state index in [0.717, 1.165) is 15.6 Å². The first-order valence-corrected chi connectivity index (χ1v) is 8.57. The Kier molecular flexibility index (Phi) is 5.27. The average molecular weight is 417 g/mol. The lowest BCUT2D eigenvalue weighted by atomic mass is 10.1. The highest BCUT2D eigenvalue weighted by Gasteiger charge is 2.13. The van der Waals surface area contributed by atoms with Crippen LogP contribution in [0.5, 0.6) is 11.5 Å². The van der Waals surface area contributed by atoms with Crippen molar-refractivity contribution in [2.75, 3.05) is 19.5 Å². The van der Waals surface area contributed by atoms with E-state index in [9.17, 15) is 4.79 Å². The van der Waals surface area contributed by atoms with Crippen LogP contribution in [0.15, 0.2) is 51.5 Å². The molecule has 1 heterocycles. The van der Waals surface area contributed by atoms with Crippen LogP contribution in [0, 0.1) is 0 Å². The number of hydrogen-bond donors (Lipinski definition) is 1. The topological polar surface area (TPSA) is 73.6 Å². The Bertz CT molecular complexity index is 952. The Morgan fingerprint density at radius 3 is 2.42 bits per heavy atom. The number of aromatic nitrogens is 1. The van der Waals surface area contributed by atoms with Crippen LogP contribution in [-0.4, -0.2) is 25.3 Å². The van der Waals surface area contributed by atoms with Crippen molar-refractivity contribution in [2.45, 2.75) is 6.92 Å². The Hall–Kier alpha value is -2.80. The molecule has 0 bridgehead atoms. The molecule has 3 aromatic rings. The molecule has 7 heteroatoms. The number of benzene rings is 2. The molecule has 0 aliphatic carbocycles. The molecule has 6 nitrogen and oxygen atoms in total. The van der Waals surface area contributed by atoms with Gasteiger partial charge in [0.05, 0.1) is 19.9 Å². The Morgan fingerprint density at radius 2 is 1.77 bits per heavy atom. The molecular formula is C19H17BrN2O4. The normalized spacial score (nSPS) is 10.5. The number of carbonyl (C=O) groups excluding carboxylic acids is 1. The monoisotopic (exact) mass is 416 g/mol. The van der Waals surface area contributed by atoms with Gasteiger partial charge in [0.2, 0.25) is 5.91 Å². The Balaban J connectivity index is 1.90. The molecule has 0 unspecified atom stereocenters. The summed E-state index contributed by atoms with van der Waals surface area (Å²) in [6, 6.07) is 12.9. The summed E-state index contributed by atoms with van der Waals surface area (Å²) in [4.78, 5) is 11.2. The van der Waals surface area contributed by atoms with Gasteiger partial charge in [-0.1, -0.05) is 11.2 Å². The Morgan fingerprint density at radius 1 is 1.04 bits per heavy atom. The van der Waals surface area contributed by atoms with Crippen molar-refractivity contribution in [1.82, 2.24) is 5.16 Å². The second kappa shape index (κ2) is 7.61. The molecule has 26 heavy (non-hydrogen) atoms. The minimum atomic E-state index is -0.129. The zero-order chi connectivity index (χ0) is 18.7. The highest BCUT2D eigenvalue weighted by Crippen LogP contribution is 2.35. The lowest BCUT2D eigenvalue weighted by Gasteiger charge is -2.07. The molecule has 0 spiro atoms. The fraction of sp³-hybridized carbons (Fsp3) is 0.158. The quantitative estimate of drug-likeness (QED) is 0.649. The van der Waals surface area contributed by atoms with Gasteiger partial charge in [0, 0.05) is 28.6 Å². The Labute approximate surface area is 159 Å². The SMILES string of the molecule is COc1ccc(-c2cc(-c3ccc(NC(C)=O)c(Br)c3)no2)cc1OC. The predicted octanol–water partition coefficient (Wildman–Crippen LogP) is 4.75. The second-order valence-corrected chi connectivity index (χ2v) is 6.38. The third-order valence-corrected chi connectivity index (χ3v) is 4.41. The second-order valence-electron chi connectivity index (χ2n) is 5.52. The molecule has 0 fully saturated rings. The number of rotatable bonds is 5. The van der Waals surface area contributed by atoms with E-state index in [-0.39, 0.29) is 5.91 Å². The van der Waals surface area contributed by atoms with Crippen LogP contribution in [0.2, 0.25) is 0 Å². The van der Waals surface area contributed by atoms with Crippen LogP contribution in [0.3, 0.4) is 0 Å². The number of carbonyl (C=O) groups is 1. The van der Waals surface area contributed by atoms with Crippen LogP contribution in [0.25, 0.3) is 22.6 Å². The van der Waals surface area contributed by atoms with E-state index >= 15 is 0 Å². The van der Waals surface area contributed by atoms with Crippen molar-refractivity contribution in [3.8, 4) is 34.1 Å². The first-order chi connectivity index (χ1) is 12.5. The van der Waals surface area contributed by atoms with Gasteiger partial charge in [-0.3, -0.25) is 4.79 Å². The number of nitrogens with zero attached hydrogens (tertiary/aromatic N) is 1. The van der Waals surface area contributed by atoms with E-state index in [1.165, 1.54) is 6.92 Å². The van der Waals surface area contributed by atoms with Gasteiger partial charge in [-0.2, -0.15) is 0 Å². The summed E-state index contributed by atoms with van der Waals surface area (Å²) in [7, 11) is 3.17. The van der Waals surface area contributed by atoms with Gasteiger partial charge in [-0.25, -0.2) is 0 Å². The van der Waals surface area contributed by atoms with Crippen molar-refractivity contribution in [3.05, 3.63) is 46.9 Å². The van der Waals surface area contributed by atoms with E-state index in [1.807, 2.05) is 42.5 Å². The summed E-state index contributed by atoms with van der Waals surface area (Å²) >= 11 is 3.46. The fourth-order valence-corrected chi connectivity index (χ4v) is 2.98. The van der Waals surface area contributed by atoms with Crippen LogP contribution < -0.4 is 14.8 Å². The standard InChI is InChI=1S/C19H17BrN2O4/c1-11(23)21-15-6-4-12(8-14(15)20)16-10-18(26-22-16)13-5-7-17(24-2)19(9-13)25-3/h4-10H,1-3H3,(H,21,23). The van der Waals surface area contributed by atoms with Crippen molar-refractivity contribution in [2.24, 2.45) is 0 Å². The first kappa shape index (κ1) is 18.0. The summed E-state index contributed by atoms with van der Waals surface area (Å²) in [5, 5.41) is 6.89. The van der Waals surface area contributed by atoms with Gasteiger partial charge in [0.15, 0.2) is 17.3 Å². The lowest BCUT2D eigenvalue weighted by molar-refractivity contribution is -0.114. The maximum atomic E-state index is 11.2. The fourth-order valence-electron chi connectivity index (χ4n) is 2.50. The van der Waals surface area contributed by atoms with Gasteiger partial charge >= 0.3 is 0 Å². The van der Waals surface area contributed by atoms with Crippen LogP contribution in [0.1, 0.15) is 6.92 Å². The van der Waals surface area contributed by atoms with Crippen LogP contribution >= 0.6 is 15.9 Å². The van der Waals surface area contributed by atoms with Gasteiger partial charge in [-0.15, -0.1) is 0 Å². The van der Waals surface area contributed by atoms with Gasteiger partial charge < -0.3 is 19.3 Å². The number of nitrogens with one attached hydrogen (secondary N) is 1. The van der Waals surface area contributed by atoms with Gasteiger partial charge in [0.1, 0.15) is 5.69 Å². The van der Waals surface area contributed by atoms with E-state index in [1.54, 1.807) is 14.2 Å². The van der Waals surface area contributed by atoms with Crippen molar-refractivity contribution in [1.29, 1.82) is 0 Å². The van der Waals surface area contributed by atoms with E-state index < -0.39 is 0 Å². The molecule has 3 rings (SSSR count). The summed E-state index contributed by atoms with van der Waals surface area (Å²) in [5.74, 6) is 1.75. The zero-order valence-corrected chi connectivity index (χ0v) is 16.1. The first-order valence-electron chi connectivity index (χ1n) is 7.78. The molecule has 0 saturated heterocycles. The summed E-state index contributed by atoms with van der Waals surface area (Å²) in [6.07, 6.45) is 0. The molecule has 134 valence electrons. The molecule has 2 aromatic carbocycles. The van der Waals surface area contributed by atoms with Crippen molar-refractivity contribution in [3.63, 3.8) is 0 Å². The summed E-state index contributed by atoms with van der Waals surface area (Å²) in [6.45, 7) is 1.47. The number of methoxy groups -OCH3 is 2. The van der Waals surface area contributed by atoms with Crippen molar-refractivity contribution >= 4 is 27.5 Å². The zero-order valence-electron chi connectivity index (χ0n) is 14.5. The van der Waals surface area contributed by atoms with E-state index in [4.69, 9.17) is 14.0 Å².